The van der Waals surface area contributed by atoms with Gasteiger partial charge in [0.15, 0.2) is 0 Å². The maximum Gasteiger partial charge on any atom is 0.401 e. The first-order valence-electron chi connectivity index (χ1n) is 6.03. The first-order valence-corrected chi connectivity index (χ1v) is 6.03. The zero-order valence-electron chi connectivity index (χ0n) is 10.6. The van der Waals surface area contributed by atoms with E-state index in [4.69, 9.17) is 4.74 Å². The lowest BCUT2D eigenvalue weighted by Gasteiger charge is -2.29. The highest BCUT2D eigenvalue weighted by Gasteiger charge is 2.66. The van der Waals surface area contributed by atoms with Gasteiger partial charge in [0.1, 0.15) is 17.8 Å². The molecule has 1 aliphatic heterocycles. The molecule has 1 nitrogen and oxygen atoms in total. The lowest BCUT2D eigenvalue weighted by molar-refractivity contribution is -0.195. The zero-order valence-corrected chi connectivity index (χ0v) is 10.6. The number of halogens is 3. The SMILES string of the molecule is Cc1cc2c3c(c1)C(C)(C)CC3(C(F)(F)F)CO2. The largest absolute Gasteiger partial charge is 0.492 e. The van der Waals surface area contributed by atoms with Crippen LogP contribution in [0.15, 0.2) is 12.1 Å². The van der Waals surface area contributed by atoms with E-state index in [0.29, 0.717) is 11.3 Å². The molecule has 1 heterocycles. The third-order valence-electron chi connectivity index (χ3n) is 4.21. The topological polar surface area (TPSA) is 9.23 Å². The summed E-state index contributed by atoms with van der Waals surface area (Å²) in [7, 11) is 0. The molecule has 0 N–H and O–H groups in total. The maximum atomic E-state index is 13.5. The molecule has 0 spiro atoms. The number of benzene rings is 1. The number of rotatable bonds is 0. The second kappa shape index (κ2) is 3.03. The summed E-state index contributed by atoms with van der Waals surface area (Å²) in [6.07, 6.45) is -4.18. The van der Waals surface area contributed by atoms with Crippen LogP contribution in [0.5, 0.6) is 5.75 Å². The Labute approximate surface area is 104 Å². The van der Waals surface area contributed by atoms with Crippen molar-refractivity contribution in [2.75, 3.05) is 6.61 Å². The molecule has 1 aromatic rings. The van der Waals surface area contributed by atoms with Crippen LogP contribution in [-0.2, 0) is 10.8 Å². The summed E-state index contributed by atoms with van der Waals surface area (Å²) >= 11 is 0. The summed E-state index contributed by atoms with van der Waals surface area (Å²) in [4.78, 5) is 0. The Morgan fingerprint density at radius 3 is 2.50 bits per heavy atom. The summed E-state index contributed by atoms with van der Waals surface area (Å²) in [6, 6.07) is 3.59. The minimum Gasteiger partial charge on any atom is -0.492 e. The van der Waals surface area contributed by atoms with Gasteiger partial charge in [-0.2, -0.15) is 13.2 Å². The summed E-state index contributed by atoms with van der Waals surface area (Å²) in [5.41, 5.74) is -0.112. The number of ether oxygens (including phenoxy) is 1. The summed E-state index contributed by atoms with van der Waals surface area (Å²) in [5.74, 6) is 0.424. The van der Waals surface area contributed by atoms with Gasteiger partial charge in [0.05, 0.1) is 0 Å². The fourth-order valence-corrected chi connectivity index (χ4v) is 3.48. The molecule has 0 fully saturated rings. The number of hydrogen-bond donors (Lipinski definition) is 0. The average molecular weight is 256 g/mol. The van der Waals surface area contributed by atoms with Gasteiger partial charge < -0.3 is 4.74 Å². The van der Waals surface area contributed by atoms with E-state index in [1.54, 1.807) is 6.07 Å². The Bertz CT molecular complexity index is 531. The normalized spacial score (nSPS) is 28.1. The van der Waals surface area contributed by atoms with Gasteiger partial charge in [0, 0.05) is 5.56 Å². The zero-order chi connectivity index (χ0) is 13.3. The molecule has 4 heteroatoms. The molecule has 1 atom stereocenters. The molecule has 0 aromatic heterocycles. The molecule has 1 unspecified atom stereocenters. The number of aryl methyl sites for hydroxylation is 1. The van der Waals surface area contributed by atoms with Gasteiger partial charge in [-0.1, -0.05) is 19.9 Å². The first kappa shape index (κ1) is 11.9. The summed E-state index contributed by atoms with van der Waals surface area (Å²) in [6.45, 7) is 5.38. The molecule has 98 valence electrons. The van der Waals surface area contributed by atoms with Gasteiger partial charge in [-0.25, -0.2) is 0 Å². The molecule has 0 bridgehead atoms. The standard InChI is InChI=1S/C14H15F3O/c1-8-4-9-11-10(5-8)18-7-13(11,14(15,16)17)6-12(9,2)3/h4-5H,6-7H2,1-3H3. The minimum absolute atomic E-state index is 0.0787. The summed E-state index contributed by atoms with van der Waals surface area (Å²) < 4.78 is 45.8. The van der Waals surface area contributed by atoms with Crippen molar-refractivity contribution in [2.24, 2.45) is 0 Å². The van der Waals surface area contributed by atoms with Crippen molar-refractivity contribution in [3.8, 4) is 5.75 Å². The number of hydrogen-bond acceptors (Lipinski definition) is 1. The highest BCUT2D eigenvalue weighted by Crippen LogP contribution is 2.62. The molecule has 0 saturated heterocycles. The van der Waals surface area contributed by atoms with Gasteiger partial charge in [-0.3, -0.25) is 0 Å². The molecule has 2 aliphatic rings. The van der Waals surface area contributed by atoms with Crippen LogP contribution in [0.2, 0.25) is 0 Å². The van der Waals surface area contributed by atoms with Crippen LogP contribution in [-0.4, -0.2) is 12.8 Å². The fourth-order valence-electron chi connectivity index (χ4n) is 3.48. The first-order chi connectivity index (χ1) is 8.17. The summed E-state index contributed by atoms with van der Waals surface area (Å²) in [5, 5.41) is 0. The van der Waals surface area contributed by atoms with Crippen LogP contribution in [0.25, 0.3) is 0 Å². The fraction of sp³-hybridized carbons (Fsp3) is 0.571. The third-order valence-corrected chi connectivity index (χ3v) is 4.21. The van der Waals surface area contributed by atoms with Crippen LogP contribution in [0.4, 0.5) is 13.2 Å². The maximum absolute atomic E-state index is 13.5. The Balaban J connectivity index is 2.33. The highest BCUT2D eigenvalue weighted by atomic mass is 19.4. The van der Waals surface area contributed by atoms with Crippen LogP contribution in [0, 0.1) is 6.92 Å². The van der Waals surface area contributed by atoms with Gasteiger partial charge in [-0.05, 0) is 36.0 Å². The van der Waals surface area contributed by atoms with Crippen molar-refractivity contribution in [2.45, 2.75) is 44.2 Å². The predicted molar refractivity (Wildman–Crippen MR) is 62.1 cm³/mol. The molecule has 1 aliphatic carbocycles. The average Bonchev–Trinajstić information content (AvgIpc) is 2.65. The molecule has 0 radical (unpaired) electrons. The van der Waals surface area contributed by atoms with E-state index in [1.165, 1.54) is 0 Å². The van der Waals surface area contributed by atoms with Gasteiger partial charge in [0.25, 0.3) is 0 Å². The molecule has 1 aromatic carbocycles. The van der Waals surface area contributed by atoms with Crippen molar-refractivity contribution in [3.63, 3.8) is 0 Å². The third kappa shape index (κ3) is 1.24. The lowest BCUT2D eigenvalue weighted by atomic mass is 9.79. The van der Waals surface area contributed by atoms with E-state index >= 15 is 0 Å². The Morgan fingerprint density at radius 2 is 1.89 bits per heavy atom. The Hall–Kier alpha value is -1.19. The van der Waals surface area contributed by atoms with E-state index in [-0.39, 0.29) is 13.0 Å². The van der Waals surface area contributed by atoms with Crippen molar-refractivity contribution >= 4 is 0 Å². The van der Waals surface area contributed by atoms with E-state index in [0.717, 1.165) is 11.1 Å². The van der Waals surface area contributed by atoms with Crippen LogP contribution in [0.1, 0.15) is 37.0 Å². The van der Waals surface area contributed by atoms with Crippen LogP contribution < -0.4 is 4.74 Å². The van der Waals surface area contributed by atoms with Crippen molar-refractivity contribution in [1.82, 2.24) is 0 Å². The van der Waals surface area contributed by atoms with E-state index in [9.17, 15) is 13.2 Å². The van der Waals surface area contributed by atoms with Crippen molar-refractivity contribution in [1.29, 1.82) is 0 Å². The van der Waals surface area contributed by atoms with Crippen LogP contribution in [0.3, 0.4) is 0 Å². The quantitative estimate of drug-likeness (QED) is 0.684. The van der Waals surface area contributed by atoms with E-state index < -0.39 is 17.0 Å². The predicted octanol–water partition coefficient (Wildman–Crippen LogP) is 3.87. The second-order valence-corrected chi connectivity index (χ2v) is 6.11. The smallest absolute Gasteiger partial charge is 0.401 e. The highest BCUT2D eigenvalue weighted by molar-refractivity contribution is 5.58. The second-order valence-electron chi connectivity index (χ2n) is 6.11. The monoisotopic (exact) mass is 256 g/mol. The molecule has 18 heavy (non-hydrogen) atoms. The minimum atomic E-state index is -4.25. The lowest BCUT2D eigenvalue weighted by Crippen LogP contribution is -2.43. The van der Waals surface area contributed by atoms with Gasteiger partial charge >= 0.3 is 6.18 Å². The Kier molecular flexibility index (Phi) is 2.00. The van der Waals surface area contributed by atoms with Crippen molar-refractivity contribution in [3.05, 3.63) is 28.8 Å². The number of alkyl halides is 3. The van der Waals surface area contributed by atoms with E-state index in [2.05, 4.69) is 0 Å². The molecule has 0 saturated carbocycles. The van der Waals surface area contributed by atoms with Gasteiger partial charge in [-0.15, -0.1) is 0 Å². The van der Waals surface area contributed by atoms with E-state index in [1.807, 2.05) is 26.8 Å². The molecule has 3 rings (SSSR count). The molecular weight excluding hydrogens is 241 g/mol. The Morgan fingerprint density at radius 1 is 1.22 bits per heavy atom. The molecular formula is C14H15F3O. The van der Waals surface area contributed by atoms with Gasteiger partial charge in [0.2, 0.25) is 0 Å². The van der Waals surface area contributed by atoms with Crippen LogP contribution >= 0.6 is 0 Å². The molecule has 0 amide bonds. The van der Waals surface area contributed by atoms with Crippen molar-refractivity contribution < 1.29 is 17.9 Å².